The summed E-state index contributed by atoms with van der Waals surface area (Å²) in [5.74, 6) is -0.651. The first-order valence-electron chi connectivity index (χ1n) is 10.2. The monoisotopic (exact) mass is 531 g/mol. The van der Waals surface area contributed by atoms with Crippen molar-refractivity contribution in [2.24, 2.45) is 0 Å². The van der Waals surface area contributed by atoms with Crippen molar-refractivity contribution >= 4 is 17.1 Å². The molecule has 3 aromatic carbocycles. The number of nitro benzene ring substituents is 3. The van der Waals surface area contributed by atoms with Crippen molar-refractivity contribution in [1.82, 2.24) is 0 Å². The van der Waals surface area contributed by atoms with Crippen molar-refractivity contribution in [1.29, 1.82) is 0 Å². The first-order valence-corrected chi connectivity index (χ1v) is 10.2. The minimum Gasteiger partial charge on any atom is -0.872 e. The van der Waals surface area contributed by atoms with Gasteiger partial charge < -0.3 is 21.7 Å². The summed E-state index contributed by atoms with van der Waals surface area (Å²) >= 11 is 0. The fraction of sp³-hybridized carbons (Fsp3) is 0.174. The van der Waals surface area contributed by atoms with Gasteiger partial charge in [0.1, 0.15) is 0 Å². The van der Waals surface area contributed by atoms with Gasteiger partial charge in [-0.05, 0) is 0 Å². The summed E-state index contributed by atoms with van der Waals surface area (Å²) in [4.78, 5) is 28.4. The number of nitrogens with zero attached hydrogens (tertiary/aromatic N) is 3. The van der Waals surface area contributed by atoms with E-state index in [2.05, 4.69) is 6.42 Å². The Balaban J connectivity index is 0.000000460. The van der Waals surface area contributed by atoms with Gasteiger partial charge in [0.2, 0.25) is 0 Å². The smallest absolute Gasteiger partial charge is 0.872 e. The van der Waals surface area contributed by atoms with Gasteiger partial charge in [0.25, 0.3) is 17.1 Å². The van der Waals surface area contributed by atoms with E-state index in [1.54, 1.807) is 0 Å². The molecule has 1 fully saturated rings. The van der Waals surface area contributed by atoms with Gasteiger partial charge in [-0.1, -0.05) is 49.2 Å². The van der Waals surface area contributed by atoms with E-state index in [0.717, 1.165) is 36.4 Å². The third-order valence-electron chi connectivity index (χ3n) is 4.21. The number of rotatable bonds is 3. The predicted molar refractivity (Wildman–Crippen MR) is 120 cm³/mol. The van der Waals surface area contributed by atoms with Crippen LogP contribution in [0.3, 0.4) is 0 Å². The van der Waals surface area contributed by atoms with Crippen molar-refractivity contribution in [3.63, 3.8) is 0 Å². The Labute approximate surface area is 221 Å². The molecule has 0 spiro atoms. The number of hydrogen-bond donors (Lipinski definition) is 0. The van der Waals surface area contributed by atoms with Crippen LogP contribution in [0.25, 0.3) is 0 Å². The summed E-state index contributed by atoms with van der Waals surface area (Å²) in [5, 5.41) is 61.3. The Morgan fingerprint density at radius 3 is 0.861 bits per heavy atom. The topological polar surface area (TPSA) is 199 Å². The number of nitro groups is 3. The van der Waals surface area contributed by atoms with Crippen LogP contribution in [0.1, 0.15) is 25.7 Å². The van der Waals surface area contributed by atoms with Crippen LogP contribution in [0, 0.1) is 36.8 Å². The Morgan fingerprint density at radius 1 is 0.500 bits per heavy atom. The summed E-state index contributed by atoms with van der Waals surface area (Å²) in [5.41, 5.74) is -0.168. The van der Waals surface area contributed by atoms with Gasteiger partial charge >= 0.3 is 21.7 Å². The van der Waals surface area contributed by atoms with E-state index in [0.29, 0.717) is 0 Å². The van der Waals surface area contributed by atoms with Gasteiger partial charge in [-0.25, -0.2) is 0 Å². The van der Waals surface area contributed by atoms with E-state index < -0.39 is 14.8 Å². The van der Waals surface area contributed by atoms with Gasteiger partial charge in [0, 0.05) is 36.4 Å². The molecular weight excluding hydrogens is 510 g/mol. The minimum atomic E-state index is -0.542. The maximum atomic E-state index is 10.4. The molecular formula is C23H21N3O9Ti. The quantitative estimate of drug-likeness (QED) is 0.209. The van der Waals surface area contributed by atoms with Crippen LogP contribution >= 0.6 is 0 Å². The Kier molecular flexibility index (Phi) is 15.5. The molecule has 1 aliphatic carbocycles. The van der Waals surface area contributed by atoms with Crippen LogP contribution in [0.4, 0.5) is 17.1 Å². The second kappa shape index (κ2) is 17.4. The molecule has 0 aliphatic heterocycles. The van der Waals surface area contributed by atoms with E-state index in [1.807, 2.05) is 0 Å². The number of non-ortho nitro benzene ring substituents is 3. The van der Waals surface area contributed by atoms with E-state index >= 15 is 0 Å². The average Bonchev–Trinajstić information content (AvgIpc) is 3.41. The molecule has 0 radical (unpaired) electrons. The number of benzene rings is 3. The van der Waals surface area contributed by atoms with E-state index in [1.165, 1.54) is 62.1 Å². The van der Waals surface area contributed by atoms with Crippen molar-refractivity contribution < 1.29 is 51.8 Å². The molecule has 0 N–H and O–H groups in total. The zero-order chi connectivity index (χ0) is 26.2. The van der Waals surface area contributed by atoms with Crippen LogP contribution < -0.4 is 15.3 Å². The first kappa shape index (κ1) is 32.0. The average molecular weight is 531 g/mol. The summed E-state index contributed by atoms with van der Waals surface area (Å²) < 4.78 is 0. The van der Waals surface area contributed by atoms with Crippen LogP contribution in [0.5, 0.6) is 17.2 Å². The standard InChI is InChI=1S/3C6H5NO3.C5H9.Ti/c3*8-6-3-1-5(2-4-6)7(9)10;1-2-4-5-3-1;/h3*1-4,8H;1H,2-5H2;/q;;;-1;+4/p-3. The molecule has 0 atom stereocenters. The van der Waals surface area contributed by atoms with Crippen molar-refractivity contribution in [2.75, 3.05) is 0 Å². The van der Waals surface area contributed by atoms with Gasteiger partial charge in [0.05, 0.1) is 14.8 Å². The Morgan fingerprint density at radius 2 is 0.722 bits per heavy atom. The van der Waals surface area contributed by atoms with Crippen LogP contribution in [0.15, 0.2) is 72.8 Å². The molecule has 186 valence electrons. The zero-order valence-electron chi connectivity index (χ0n) is 18.8. The van der Waals surface area contributed by atoms with E-state index in [-0.39, 0.29) is 56.0 Å². The molecule has 0 bridgehead atoms. The maximum absolute atomic E-state index is 10.4. The van der Waals surface area contributed by atoms with Crippen LogP contribution in [0.2, 0.25) is 0 Å². The van der Waals surface area contributed by atoms with Crippen LogP contribution in [-0.2, 0) is 21.7 Å². The molecule has 1 aliphatic rings. The maximum Gasteiger partial charge on any atom is 4.00 e. The molecule has 0 heterocycles. The molecule has 1 saturated carbocycles. The molecule has 13 heteroatoms. The van der Waals surface area contributed by atoms with Crippen LogP contribution in [-0.4, -0.2) is 14.8 Å². The second-order valence-electron chi connectivity index (χ2n) is 6.83. The van der Waals surface area contributed by atoms with Gasteiger partial charge in [-0.15, -0.1) is 17.2 Å². The normalized spacial score (nSPS) is 11.0. The third kappa shape index (κ3) is 13.6. The van der Waals surface area contributed by atoms with Gasteiger partial charge in [-0.3, -0.25) is 30.3 Å². The summed E-state index contributed by atoms with van der Waals surface area (Å²) in [6.45, 7) is 0. The van der Waals surface area contributed by atoms with Gasteiger partial charge in [0.15, 0.2) is 0 Å². The molecule has 3 aromatic rings. The van der Waals surface area contributed by atoms with E-state index in [4.69, 9.17) is 0 Å². The Bertz CT molecular complexity index is 934. The first-order chi connectivity index (χ1) is 16.6. The Hall–Kier alpha value is -4.03. The fourth-order valence-corrected chi connectivity index (χ4v) is 2.43. The summed E-state index contributed by atoms with van der Waals surface area (Å²) in [6, 6.07) is 14.1. The van der Waals surface area contributed by atoms with Crippen molar-refractivity contribution in [3.8, 4) is 17.2 Å². The number of hydrogen-bond acceptors (Lipinski definition) is 9. The summed E-state index contributed by atoms with van der Waals surface area (Å²) in [7, 11) is 0. The summed E-state index contributed by atoms with van der Waals surface area (Å²) in [6.07, 6.45) is 8.00. The molecule has 12 nitrogen and oxygen atoms in total. The molecule has 0 saturated heterocycles. The van der Waals surface area contributed by atoms with Crippen molar-refractivity contribution in [2.45, 2.75) is 25.7 Å². The molecule has 0 amide bonds. The molecule has 4 rings (SSSR count). The van der Waals surface area contributed by atoms with Gasteiger partial charge in [-0.2, -0.15) is 12.8 Å². The predicted octanol–water partition coefficient (Wildman–Crippen LogP) is 3.77. The molecule has 0 unspecified atom stereocenters. The third-order valence-corrected chi connectivity index (χ3v) is 4.21. The fourth-order valence-electron chi connectivity index (χ4n) is 2.43. The molecule has 36 heavy (non-hydrogen) atoms. The zero-order valence-corrected chi connectivity index (χ0v) is 20.4. The van der Waals surface area contributed by atoms with E-state index in [9.17, 15) is 45.7 Å². The molecule has 0 aromatic heterocycles. The second-order valence-corrected chi connectivity index (χ2v) is 6.83. The van der Waals surface area contributed by atoms with Crippen molar-refractivity contribution in [3.05, 3.63) is 110 Å². The minimum absolute atomic E-state index is 0. The largest absolute Gasteiger partial charge is 4.00 e. The SMILES string of the molecule is O=[N+]([O-])c1ccc([O-])cc1.O=[N+]([O-])c1ccc([O-])cc1.O=[N+]([O-])c1ccc([O-])cc1.[CH-]1CCCC1.[Ti+4].